The van der Waals surface area contributed by atoms with Crippen molar-refractivity contribution in [2.24, 2.45) is 5.41 Å². The molecule has 0 heterocycles. The molecule has 0 bridgehead atoms. The van der Waals surface area contributed by atoms with Gasteiger partial charge in [0.1, 0.15) is 0 Å². The Bertz CT molecular complexity index is 383. The van der Waals surface area contributed by atoms with Crippen LogP contribution in [0.15, 0.2) is 18.2 Å². The lowest BCUT2D eigenvalue weighted by molar-refractivity contribution is 0.334. The molecule has 3 heteroatoms. The van der Waals surface area contributed by atoms with Gasteiger partial charge in [0, 0.05) is 6.04 Å². The largest absolute Gasteiger partial charge is 0.310 e. The minimum Gasteiger partial charge on any atom is -0.310 e. The summed E-state index contributed by atoms with van der Waals surface area (Å²) in [7, 11) is 0. The van der Waals surface area contributed by atoms with Gasteiger partial charge in [0.05, 0.1) is 10.0 Å². The van der Waals surface area contributed by atoms with E-state index in [1.54, 1.807) is 0 Å². The lowest BCUT2D eigenvalue weighted by Gasteiger charge is -2.25. The van der Waals surface area contributed by atoms with Crippen LogP contribution >= 0.6 is 23.2 Å². The minimum absolute atomic E-state index is 0.278. The fourth-order valence-electron chi connectivity index (χ4n) is 1.98. The van der Waals surface area contributed by atoms with E-state index in [0.29, 0.717) is 15.5 Å². The van der Waals surface area contributed by atoms with E-state index in [1.807, 2.05) is 12.1 Å². The Labute approximate surface area is 121 Å². The predicted molar refractivity (Wildman–Crippen MR) is 81.6 cm³/mol. The average molecular weight is 288 g/mol. The fraction of sp³-hybridized carbons (Fsp3) is 0.600. The van der Waals surface area contributed by atoms with Crippen LogP contribution < -0.4 is 5.32 Å². The molecular formula is C15H23Cl2N. The van der Waals surface area contributed by atoms with Crippen molar-refractivity contribution in [3.63, 3.8) is 0 Å². The maximum Gasteiger partial charge on any atom is 0.0640 e. The first-order valence-electron chi connectivity index (χ1n) is 6.52. The third kappa shape index (κ3) is 4.79. The van der Waals surface area contributed by atoms with E-state index in [9.17, 15) is 0 Å². The maximum absolute atomic E-state index is 6.30. The highest BCUT2D eigenvalue weighted by Gasteiger charge is 2.18. The second-order valence-corrected chi connectivity index (χ2v) is 6.64. The molecule has 0 aliphatic heterocycles. The predicted octanol–water partition coefficient (Wildman–Crippen LogP) is 5.47. The number of nitrogens with one attached hydrogen (secondary N) is 1. The van der Waals surface area contributed by atoms with Gasteiger partial charge in [0.25, 0.3) is 0 Å². The number of hydrogen-bond donors (Lipinski definition) is 1. The zero-order valence-electron chi connectivity index (χ0n) is 11.7. The molecule has 1 aromatic carbocycles. The van der Waals surface area contributed by atoms with E-state index in [2.05, 4.69) is 39.1 Å². The Hall–Kier alpha value is -0.240. The number of halogens is 2. The second-order valence-electron chi connectivity index (χ2n) is 5.85. The van der Waals surface area contributed by atoms with Gasteiger partial charge >= 0.3 is 0 Å². The van der Waals surface area contributed by atoms with Gasteiger partial charge in [-0.05, 0) is 36.4 Å². The molecule has 0 aliphatic carbocycles. The summed E-state index contributed by atoms with van der Waals surface area (Å²) in [4.78, 5) is 0. The second kappa shape index (κ2) is 6.79. The van der Waals surface area contributed by atoms with Crippen molar-refractivity contribution in [1.29, 1.82) is 0 Å². The summed E-state index contributed by atoms with van der Waals surface area (Å²) in [5, 5.41) is 4.81. The third-order valence-electron chi connectivity index (χ3n) is 2.99. The van der Waals surface area contributed by atoms with Crippen LogP contribution in [0.1, 0.15) is 52.1 Å². The molecule has 0 spiro atoms. The van der Waals surface area contributed by atoms with E-state index >= 15 is 0 Å². The zero-order valence-corrected chi connectivity index (χ0v) is 13.2. The summed E-state index contributed by atoms with van der Waals surface area (Å²) in [5.41, 5.74) is 1.44. The minimum atomic E-state index is 0.278. The Balaban J connectivity index is 2.87. The molecule has 0 aliphatic rings. The summed E-state index contributed by atoms with van der Waals surface area (Å²) in [5.74, 6) is 0. The highest BCUT2D eigenvalue weighted by molar-refractivity contribution is 6.42. The quantitative estimate of drug-likeness (QED) is 0.757. The van der Waals surface area contributed by atoms with E-state index in [0.717, 1.165) is 24.9 Å². The van der Waals surface area contributed by atoms with Crippen molar-refractivity contribution < 1.29 is 0 Å². The van der Waals surface area contributed by atoms with Crippen LogP contribution in [0.5, 0.6) is 0 Å². The molecule has 18 heavy (non-hydrogen) atoms. The van der Waals surface area contributed by atoms with Gasteiger partial charge in [0.2, 0.25) is 0 Å². The Kier molecular flexibility index (Phi) is 5.97. The van der Waals surface area contributed by atoms with Gasteiger partial charge < -0.3 is 5.32 Å². The van der Waals surface area contributed by atoms with E-state index < -0.39 is 0 Å². The van der Waals surface area contributed by atoms with Crippen LogP contribution in [0.3, 0.4) is 0 Å². The van der Waals surface area contributed by atoms with E-state index in [-0.39, 0.29) is 6.04 Å². The summed E-state index contributed by atoms with van der Waals surface area (Å²) in [6.45, 7) is 9.82. The molecule has 1 atom stereocenters. The molecule has 0 fully saturated rings. The van der Waals surface area contributed by atoms with Crippen molar-refractivity contribution in [1.82, 2.24) is 5.32 Å². The highest BCUT2D eigenvalue weighted by atomic mass is 35.5. The fourth-order valence-corrected chi connectivity index (χ4v) is 2.42. The highest BCUT2D eigenvalue weighted by Crippen LogP contribution is 2.34. The molecule has 1 rings (SSSR count). The van der Waals surface area contributed by atoms with Gasteiger partial charge in [-0.1, -0.05) is 63.0 Å². The molecule has 1 N–H and O–H groups in total. The molecule has 0 saturated carbocycles. The zero-order chi connectivity index (χ0) is 13.8. The smallest absolute Gasteiger partial charge is 0.0640 e. The first-order chi connectivity index (χ1) is 8.35. The molecular weight excluding hydrogens is 265 g/mol. The first-order valence-corrected chi connectivity index (χ1v) is 7.28. The number of hydrogen-bond acceptors (Lipinski definition) is 1. The van der Waals surface area contributed by atoms with E-state index in [4.69, 9.17) is 23.2 Å². The van der Waals surface area contributed by atoms with Gasteiger partial charge in [-0.2, -0.15) is 0 Å². The monoisotopic (exact) mass is 287 g/mol. The molecule has 0 aromatic heterocycles. The third-order valence-corrected chi connectivity index (χ3v) is 3.82. The Morgan fingerprint density at radius 3 is 2.44 bits per heavy atom. The van der Waals surface area contributed by atoms with Gasteiger partial charge in [-0.3, -0.25) is 0 Å². The molecule has 0 radical (unpaired) electrons. The summed E-state index contributed by atoms with van der Waals surface area (Å²) in [6, 6.07) is 6.13. The standard InChI is InChI=1S/C15H23Cl2N/c1-5-18-13(9-10-15(2,3)4)11-7-6-8-12(16)14(11)17/h6-8,13,18H,5,9-10H2,1-4H3. The normalized spacial score (nSPS) is 13.7. The lowest BCUT2D eigenvalue weighted by Crippen LogP contribution is -2.23. The van der Waals surface area contributed by atoms with Gasteiger partial charge in [-0.25, -0.2) is 0 Å². The van der Waals surface area contributed by atoms with Crippen LogP contribution in [0.25, 0.3) is 0 Å². The van der Waals surface area contributed by atoms with Gasteiger partial charge in [-0.15, -0.1) is 0 Å². The van der Waals surface area contributed by atoms with Crippen LogP contribution in [-0.2, 0) is 0 Å². The van der Waals surface area contributed by atoms with Crippen LogP contribution in [0.4, 0.5) is 0 Å². The van der Waals surface area contributed by atoms with Crippen LogP contribution in [-0.4, -0.2) is 6.54 Å². The molecule has 102 valence electrons. The average Bonchev–Trinajstić information content (AvgIpc) is 2.27. The molecule has 1 nitrogen and oxygen atoms in total. The van der Waals surface area contributed by atoms with Crippen LogP contribution in [0.2, 0.25) is 10.0 Å². The van der Waals surface area contributed by atoms with Gasteiger partial charge in [0.15, 0.2) is 0 Å². The summed E-state index contributed by atoms with van der Waals surface area (Å²) >= 11 is 12.4. The molecule has 1 unspecified atom stereocenters. The lowest BCUT2D eigenvalue weighted by atomic mass is 9.87. The Morgan fingerprint density at radius 1 is 1.22 bits per heavy atom. The van der Waals surface area contributed by atoms with Crippen molar-refractivity contribution in [2.45, 2.75) is 46.6 Å². The van der Waals surface area contributed by atoms with Crippen molar-refractivity contribution in [2.75, 3.05) is 6.54 Å². The van der Waals surface area contributed by atoms with Crippen molar-refractivity contribution in [3.8, 4) is 0 Å². The topological polar surface area (TPSA) is 12.0 Å². The summed E-state index contributed by atoms with van der Waals surface area (Å²) < 4.78 is 0. The number of benzene rings is 1. The number of rotatable bonds is 5. The Morgan fingerprint density at radius 2 is 1.89 bits per heavy atom. The molecule has 0 amide bonds. The van der Waals surface area contributed by atoms with Crippen molar-refractivity contribution >= 4 is 23.2 Å². The first kappa shape index (κ1) is 15.8. The van der Waals surface area contributed by atoms with Crippen LogP contribution in [0, 0.1) is 5.41 Å². The van der Waals surface area contributed by atoms with Crippen molar-refractivity contribution in [3.05, 3.63) is 33.8 Å². The molecule has 1 aromatic rings. The van der Waals surface area contributed by atoms with E-state index in [1.165, 1.54) is 0 Å². The molecule has 0 saturated heterocycles. The maximum atomic E-state index is 6.30. The summed E-state index contributed by atoms with van der Waals surface area (Å²) in [6.07, 6.45) is 2.21. The SMILES string of the molecule is CCNC(CCC(C)(C)C)c1cccc(Cl)c1Cl.